The highest BCUT2D eigenvalue weighted by Crippen LogP contribution is 2.07. The Morgan fingerprint density at radius 3 is 2.69 bits per heavy atom. The van der Waals surface area contributed by atoms with Gasteiger partial charge in [-0.05, 0) is 32.9 Å². The van der Waals surface area contributed by atoms with Crippen molar-refractivity contribution in [2.45, 2.75) is 25.8 Å². The van der Waals surface area contributed by atoms with Crippen LogP contribution in [0.1, 0.15) is 19.8 Å². The predicted molar refractivity (Wildman–Crippen MR) is 57.0 cm³/mol. The van der Waals surface area contributed by atoms with Gasteiger partial charge in [-0.3, -0.25) is 0 Å². The van der Waals surface area contributed by atoms with Gasteiger partial charge in [0.2, 0.25) is 0 Å². The van der Waals surface area contributed by atoms with E-state index >= 15 is 0 Å². The van der Waals surface area contributed by atoms with Gasteiger partial charge in [-0.2, -0.15) is 0 Å². The second-order valence-corrected chi connectivity index (χ2v) is 3.39. The van der Waals surface area contributed by atoms with Gasteiger partial charge in [0.15, 0.2) is 0 Å². The zero-order chi connectivity index (χ0) is 9.52. The first-order valence-corrected chi connectivity index (χ1v) is 4.91. The Kier molecular flexibility index (Phi) is 4.54. The molecule has 1 aliphatic rings. The van der Waals surface area contributed by atoms with Gasteiger partial charge < -0.3 is 10.2 Å². The van der Waals surface area contributed by atoms with Gasteiger partial charge in [0, 0.05) is 19.3 Å². The first-order chi connectivity index (χ1) is 6.34. The second-order valence-electron chi connectivity index (χ2n) is 3.39. The molecule has 1 fully saturated rings. The van der Waals surface area contributed by atoms with Crippen molar-refractivity contribution in [2.75, 3.05) is 20.1 Å². The number of allylic oxidation sites excluding steroid dienone is 1. The van der Waals surface area contributed by atoms with Gasteiger partial charge in [-0.1, -0.05) is 6.08 Å². The SMILES string of the molecule is C/C=C/N=C/N(C)C1CCNCC1. The monoisotopic (exact) mass is 181 g/mol. The van der Waals surface area contributed by atoms with Crippen LogP contribution in [0.3, 0.4) is 0 Å². The maximum atomic E-state index is 4.16. The van der Waals surface area contributed by atoms with Crippen molar-refractivity contribution in [3.63, 3.8) is 0 Å². The highest BCUT2D eigenvalue weighted by molar-refractivity contribution is 5.55. The third kappa shape index (κ3) is 3.59. The Labute approximate surface area is 80.5 Å². The summed E-state index contributed by atoms with van der Waals surface area (Å²) in [5.74, 6) is 0. The van der Waals surface area contributed by atoms with Crippen molar-refractivity contribution < 1.29 is 0 Å². The van der Waals surface area contributed by atoms with Crippen LogP contribution in [0.4, 0.5) is 0 Å². The molecular weight excluding hydrogens is 162 g/mol. The average molecular weight is 181 g/mol. The Bertz CT molecular complexity index is 181. The fourth-order valence-electron chi connectivity index (χ4n) is 1.54. The maximum absolute atomic E-state index is 4.16. The number of rotatable bonds is 3. The van der Waals surface area contributed by atoms with E-state index in [0.29, 0.717) is 6.04 Å². The summed E-state index contributed by atoms with van der Waals surface area (Å²) in [6.45, 7) is 4.24. The summed E-state index contributed by atoms with van der Waals surface area (Å²) < 4.78 is 0. The topological polar surface area (TPSA) is 27.6 Å². The van der Waals surface area contributed by atoms with E-state index < -0.39 is 0 Å². The molecule has 0 bridgehead atoms. The van der Waals surface area contributed by atoms with Crippen molar-refractivity contribution in [1.29, 1.82) is 0 Å². The number of aliphatic imine (C=N–C) groups is 1. The summed E-state index contributed by atoms with van der Waals surface area (Å²) in [5, 5.41) is 3.35. The lowest BCUT2D eigenvalue weighted by molar-refractivity contribution is 0.295. The molecule has 0 spiro atoms. The van der Waals surface area contributed by atoms with Crippen LogP contribution in [0.2, 0.25) is 0 Å². The van der Waals surface area contributed by atoms with Gasteiger partial charge in [0.05, 0.1) is 6.34 Å². The molecule has 0 amide bonds. The summed E-state index contributed by atoms with van der Waals surface area (Å²) in [6.07, 6.45) is 8.11. The number of hydrogen-bond donors (Lipinski definition) is 1. The molecule has 3 heteroatoms. The lowest BCUT2D eigenvalue weighted by atomic mass is 10.1. The van der Waals surface area contributed by atoms with Gasteiger partial charge in [-0.25, -0.2) is 4.99 Å². The molecule has 1 saturated heterocycles. The van der Waals surface area contributed by atoms with Crippen molar-refractivity contribution >= 4 is 6.34 Å². The molecule has 1 heterocycles. The standard InChI is InChI=1S/C10H19N3/c1-3-6-12-9-13(2)10-4-7-11-8-5-10/h3,6,9-11H,4-5,7-8H2,1-2H3/b6-3+,12-9+. The molecule has 0 aromatic carbocycles. The summed E-state index contributed by atoms with van der Waals surface area (Å²) in [4.78, 5) is 6.37. The Hall–Kier alpha value is -0.830. The van der Waals surface area contributed by atoms with Crippen LogP contribution in [0.5, 0.6) is 0 Å². The van der Waals surface area contributed by atoms with Gasteiger partial charge in [0.1, 0.15) is 0 Å². The third-order valence-corrected chi connectivity index (χ3v) is 2.37. The number of nitrogens with one attached hydrogen (secondary N) is 1. The number of piperidine rings is 1. The molecule has 1 rings (SSSR count). The van der Waals surface area contributed by atoms with Crippen LogP contribution >= 0.6 is 0 Å². The summed E-state index contributed by atoms with van der Waals surface area (Å²) >= 11 is 0. The fraction of sp³-hybridized carbons (Fsp3) is 0.700. The minimum atomic E-state index is 0.662. The predicted octanol–water partition coefficient (Wildman–Crippen LogP) is 1.23. The van der Waals surface area contributed by atoms with E-state index in [2.05, 4.69) is 22.3 Å². The van der Waals surface area contributed by atoms with Crippen LogP contribution in [0.15, 0.2) is 17.3 Å². The quantitative estimate of drug-likeness (QED) is 0.524. The van der Waals surface area contributed by atoms with E-state index in [-0.39, 0.29) is 0 Å². The number of hydrogen-bond acceptors (Lipinski definition) is 2. The normalized spacial score (nSPS) is 20.2. The lowest BCUT2D eigenvalue weighted by Crippen LogP contribution is -2.40. The minimum absolute atomic E-state index is 0.662. The van der Waals surface area contributed by atoms with E-state index in [1.54, 1.807) is 0 Å². The minimum Gasteiger partial charge on any atom is -0.363 e. The largest absolute Gasteiger partial charge is 0.363 e. The summed E-state index contributed by atoms with van der Waals surface area (Å²) in [7, 11) is 2.10. The van der Waals surface area contributed by atoms with E-state index in [0.717, 1.165) is 13.1 Å². The summed E-state index contributed by atoms with van der Waals surface area (Å²) in [5.41, 5.74) is 0. The van der Waals surface area contributed by atoms with Crippen LogP contribution in [-0.4, -0.2) is 37.4 Å². The van der Waals surface area contributed by atoms with Gasteiger partial charge in [-0.15, -0.1) is 0 Å². The smallest absolute Gasteiger partial charge is 0.0904 e. The molecule has 0 aliphatic carbocycles. The molecule has 0 atom stereocenters. The molecule has 74 valence electrons. The first-order valence-electron chi connectivity index (χ1n) is 4.91. The van der Waals surface area contributed by atoms with Gasteiger partial charge in [0.25, 0.3) is 0 Å². The third-order valence-electron chi connectivity index (χ3n) is 2.37. The Morgan fingerprint density at radius 2 is 2.08 bits per heavy atom. The summed E-state index contributed by atoms with van der Waals surface area (Å²) in [6, 6.07) is 0.662. The zero-order valence-electron chi connectivity index (χ0n) is 8.53. The second kappa shape index (κ2) is 5.75. The Morgan fingerprint density at radius 1 is 1.38 bits per heavy atom. The van der Waals surface area contributed by atoms with E-state index in [1.807, 2.05) is 25.5 Å². The molecule has 3 nitrogen and oxygen atoms in total. The molecule has 0 radical (unpaired) electrons. The molecule has 0 saturated carbocycles. The van der Waals surface area contributed by atoms with E-state index in [9.17, 15) is 0 Å². The lowest BCUT2D eigenvalue weighted by Gasteiger charge is -2.29. The molecule has 13 heavy (non-hydrogen) atoms. The Balaban J connectivity index is 2.32. The molecular formula is C10H19N3. The van der Waals surface area contributed by atoms with Crippen molar-refractivity contribution in [1.82, 2.24) is 10.2 Å². The van der Waals surface area contributed by atoms with Crippen molar-refractivity contribution in [3.05, 3.63) is 12.3 Å². The highest BCUT2D eigenvalue weighted by Gasteiger charge is 2.14. The van der Waals surface area contributed by atoms with Gasteiger partial charge >= 0.3 is 0 Å². The molecule has 1 N–H and O–H groups in total. The highest BCUT2D eigenvalue weighted by atomic mass is 15.2. The first kappa shape index (κ1) is 10.3. The molecule has 1 aliphatic heterocycles. The number of nitrogens with zero attached hydrogens (tertiary/aromatic N) is 2. The van der Waals surface area contributed by atoms with Crippen molar-refractivity contribution in [3.8, 4) is 0 Å². The fourth-order valence-corrected chi connectivity index (χ4v) is 1.54. The van der Waals surface area contributed by atoms with Crippen LogP contribution in [0, 0.1) is 0 Å². The zero-order valence-corrected chi connectivity index (χ0v) is 8.53. The van der Waals surface area contributed by atoms with E-state index in [4.69, 9.17) is 0 Å². The molecule has 0 unspecified atom stereocenters. The maximum Gasteiger partial charge on any atom is 0.0904 e. The molecule has 0 aromatic heterocycles. The van der Waals surface area contributed by atoms with Crippen molar-refractivity contribution in [2.24, 2.45) is 4.99 Å². The van der Waals surface area contributed by atoms with Crippen LogP contribution in [0.25, 0.3) is 0 Å². The van der Waals surface area contributed by atoms with Crippen LogP contribution < -0.4 is 5.32 Å². The van der Waals surface area contributed by atoms with Crippen LogP contribution in [-0.2, 0) is 0 Å². The molecule has 0 aromatic rings. The average Bonchev–Trinajstić information content (AvgIpc) is 2.19. The van der Waals surface area contributed by atoms with E-state index in [1.165, 1.54) is 12.8 Å².